The molecule has 1 aliphatic rings. The van der Waals surface area contributed by atoms with Gasteiger partial charge in [-0.25, -0.2) is 4.39 Å². The standard InChI is InChI=1S/C20H21FN2O2/c21-16-9-7-8-15(14-16)19(24)22-18-11-4-3-10-17(18)20(25)23-12-5-1-2-6-13-23/h3-4,7-11,14H,1-2,5-6,12-13H2,(H,22,24). The van der Waals surface area contributed by atoms with Gasteiger partial charge in [-0.1, -0.05) is 31.0 Å². The first-order chi connectivity index (χ1) is 12.1. The van der Waals surface area contributed by atoms with Crippen LogP contribution in [0.4, 0.5) is 10.1 Å². The first-order valence-electron chi connectivity index (χ1n) is 8.60. The van der Waals surface area contributed by atoms with Crippen molar-refractivity contribution in [1.82, 2.24) is 4.90 Å². The van der Waals surface area contributed by atoms with Gasteiger partial charge in [0.25, 0.3) is 11.8 Å². The average Bonchev–Trinajstić information content (AvgIpc) is 2.91. The Hall–Kier alpha value is -2.69. The molecule has 25 heavy (non-hydrogen) atoms. The second-order valence-electron chi connectivity index (χ2n) is 6.22. The molecule has 1 N–H and O–H groups in total. The maximum atomic E-state index is 13.3. The first kappa shape index (κ1) is 17.1. The summed E-state index contributed by atoms with van der Waals surface area (Å²) in [4.78, 5) is 27.1. The Morgan fingerprint density at radius 3 is 2.36 bits per heavy atom. The summed E-state index contributed by atoms with van der Waals surface area (Å²) in [5.74, 6) is -0.978. The van der Waals surface area contributed by atoms with Crippen LogP contribution in [-0.2, 0) is 0 Å². The molecule has 0 bridgehead atoms. The monoisotopic (exact) mass is 340 g/mol. The molecule has 1 fully saturated rings. The number of nitrogens with one attached hydrogen (secondary N) is 1. The van der Waals surface area contributed by atoms with Gasteiger partial charge in [-0.2, -0.15) is 0 Å². The summed E-state index contributed by atoms with van der Waals surface area (Å²) in [7, 11) is 0. The van der Waals surface area contributed by atoms with Crippen LogP contribution in [0.3, 0.4) is 0 Å². The summed E-state index contributed by atoms with van der Waals surface area (Å²) in [6.07, 6.45) is 4.29. The van der Waals surface area contributed by atoms with Crippen LogP contribution in [0.2, 0.25) is 0 Å². The van der Waals surface area contributed by atoms with Crippen molar-refractivity contribution in [1.29, 1.82) is 0 Å². The van der Waals surface area contributed by atoms with Gasteiger partial charge in [0.15, 0.2) is 0 Å². The van der Waals surface area contributed by atoms with Crippen molar-refractivity contribution < 1.29 is 14.0 Å². The van der Waals surface area contributed by atoms with Crippen LogP contribution in [0.5, 0.6) is 0 Å². The van der Waals surface area contributed by atoms with Crippen LogP contribution in [0.15, 0.2) is 48.5 Å². The number of likely N-dealkylation sites (tertiary alicyclic amines) is 1. The molecule has 1 heterocycles. The van der Waals surface area contributed by atoms with Gasteiger partial charge in [0, 0.05) is 18.7 Å². The molecule has 0 atom stereocenters. The van der Waals surface area contributed by atoms with Crippen LogP contribution >= 0.6 is 0 Å². The zero-order valence-electron chi connectivity index (χ0n) is 14.0. The lowest BCUT2D eigenvalue weighted by atomic mass is 10.1. The highest BCUT2D eigenvalue weighted by molar-refractivity contribution is 6.09. The Balaban J connectivity index is 1.80. The lowest BCUT2D eigenvalue weighted by molar-refractivity contribution is 0.0762. The van der Waals surface area contributed by atoms with Gasteiger partial charge in [0.1, 0.15) is 5.82 Å². The fraction of sp³-hybridized carbons (Fsp3) is 0.300. The number of para-hydroxylation sites is 1. The van der Waals surface area contributed by atoms with Crippen LogP contribution in [0.25, 0.3) is 0 Å². The van der Waals surface area contributed by atoms with E-state index < -0.39 is 11.7 Å². The maximum absolute atomic E-state index is 13.3. The van der Waals surface area contributed by atoms with Crippen LogP contribution in [0.1, 0.15) is 46.4 Å². The smallest absolute Gasteiger partial charge is 0.255 e. The largest absolute Gasteiger partial charge is 0.339 e. The molecule has 0 aliphatic carbocycles. The normalized spacial score (nSPS) is 14.7. The van der Waals surface area contributed by atoms with Gasteiger partial charge >= 0.3 is 0 Å². The summed E-state index contributed by atoms with van der Waals surface area (Å²) < 4.78 is 13.3. The lowest BCUT2D eigenvalue weighted by Crippen LogP contribution is -2.32. The van der Waals surface area contributed by atoms with Gasteiger partial charge in [-0.05, 0) is 43.2 Å². The molecule has 0 unspecified atom stereocenters. The number of halogens is 1. The summed E-state index contributed by atoms with van der Waals surface area (Å²) in [6.45, 7) is 1.48. The molecule has 2 amide bonds. The molecule has 0 radical (unpaired) electrons. The van der Waals surface area contributed by atoms with Crippen molar-refractivity contribution in [2.75, 3.05) is 18.4 Å². The van der Waals surface area contributed by atoms with Crippen molar-refractivity contribution in [2.45, 2.75) is 25.7 Å². The number of benzene rings is 2. The van der Waals surface area contributed by atoms with E-state index in [4.69, 9.17) is 0 Å². The van der Waals surface area contributed by atoms with Gasteiger partial charge in [-0.15, -0.1) is 0 Å². The van der Waals surface area contributed by atoms with Crippen LogP contribution in [-0.4, -0.2) is 29.8 Å². The molecule has 5 heteroatoms. The molecule has 0 aromatic heterocycles. The van der Waals surface area contributed by atoms with Crippen LogP contribution in [0, 0.1) is 5.82 Å². The number of rotatable bonds is 3. The summed E-state index contributed by atoms with van der Waals surface area (Å²) in [5, 5.41) is 2.74. The molecule has 2 aromatic rings. The Morgan fingerprint density at radius 1 is 0.920 bits per heavy atom. The van der Waals surface area contributed by atoms with Crippen molar-refractivity contribution in [3.05, 3.63) is 65.5 Å². The number of carbonyl (C=O) groups excluding carboxylic acids is 2. The molecule has 130 valence electrons. The Bertz CT molecular complexity index is 768. The lowest BCUT2D eigenvalue weighted by Gasteiger charge is -2.22. The van der Waals surface area contributed by atoms with E-state index in [0.717, 1.165) is 38.8 Å². The van der Waals surface area contributed by atoms with Gasteiger partial charge in [-0.3, -0.25) is 9.59 Å². The van der Waals surface area contributed by atoms with Gasteiger partial charge < -0.3 is 10.2 Å². The van der Waals surface area contributed by atoms with E-state index in [0.29, 0.717) is 11.3 Å². The summed E-state index contributed by atoms with van der Waals surface area (Å²) >= 11 is 0. The van der Waals surface area contributed by atoms with Crippen molar-refractivity contribution in [2.24, 2.45) is 0 Å². The molecule has 0 saturated carbocycles. The predicted molar refractivity (Wildman–Crippen MR) is 95.2 cm³/mol. The van der Waals surface area contributed by atoms with Gasteiger partial charge in [0.05, 0.1) is 11.3 Å². The molecule has 1 aliphatic heterocycles. The number of amides is 2. The first-order valence-corrected chi connectivity index (χ1v) is 8.60. The highest BCUT2D eigenvalue weighted by Crippen LogP contribution is 2.20. The zero-order chi connectivity index (χ0) is 17.6. The molecule has 1 saturated heterocycles. The Morgan fingerprint density at radius 2 is 1.64 bits per heavy atom. The Kier molecular flexibility index (Phi) is 5.43. The average molecular weight is 340 g/mol. The topological polar surface area (TPSA) is 49.4 Å². The molecule has 2 aromatic carbocycles. The van der Waals surface area contributed by atoms with Crippen molar-refractivity contribution in [3.63, 3.8) is 0 Å². The SMILES string of the molecule is O=C(Nc1ccccc1C(=O)N1CCCCCC1)c1cccc(F)c1. The number of nitrogens with zero attached hydrogens (tertiary/aromatic N) is 1. The molecule has 4 nitrogen and oxygen atoms in total. The van der Waals surface area contributed by atoms with E-state index >= 15 is 0 Å². The second-order valence-corrected chi connectivity index (χ2v) is 6.22. The van der Waals surface area contributed by atoms with E-state index in [1.54, 1.807) is 24.3 Å². The van der Waals surface area contributed by atoms with E-state index in [9.17, 15) is 14.0 Å². The fourth-order valence-corrected chi connectivity index (χ4v) is 3.05. The molecular weight excluding hydrogens is 319 g/mol. The predicted octanol–water partition coefficient (Wildman–Crippen LogP) is 4.09. The van der Waals surface area contributed by atoms with Crippen molar-refractivity contribution >= 4 is 17.5 Å². The summed E-state index contributed by atoms with van der Waals surface area (Å²) in [5.41, 5.74) is 1.14. The maximum Gasteiger partial charge on any atom is 0.255 e. The van der Waals surface area contributed by atoms with Crippen molar-refractivity contribution in [3.8, 4) is 0 Å². The van der Waals surface area contributed by atoms with Gasteiger partial charge in [0.2, 0.25) is 0 Å². The second kappa shape index (κ2) is 7.92. The minimum Gasteiger partial charge on any atom is -0.339 e. The highest BCUT2D eigenvalue weighted by atomic mass is 19.1. The molecule has 3 rings (SSSR count). The van der Waals surface area contributed by atoms with E-state index in [1.807, 2.05) is 4.90 Å². The fourth-order valence-electron chi connectivity index (χ4n) is 3.05. The minimum atomic E-state index is -0.471. The van der Waals surface area contributed by atoms with Crippen LogP contribution < -0.4 is 5.32 Å². The summed E-state index contributed by atoms with van der Waals surface area (Å²) in [6, 6.07) is 12.4. The molecule has 0 spiro atoms. The molecular formula is C20H21FN2O2. The number of anilines is 1. The van der Waals surface area contributed by atoms with E-state index in [2.05, 4.69) is 5.32 Å². The number of hydrogen-bond acceptors (Lipinski definition) is 2. The quantitative estimate of drug-likeness (QED) is 0.915. The number of carbonyl (C=O) groups is 2. The third kappa shape index (κ3) is 4.24. The van der Waals surface area contributed by atoms with E-state index in [-0.39, 0.29) is 11.5 Å². The third-order valence-corrected chi connectivity index (χ3v) is 4.39. The highest BCUT2D eigenvalue weighted by Gasteiger charge is 2.20. The van der Waals surface area contributed by atoms with E-state index in [1.165, 1.54) is 24.3 Å². The Labute approximate surface area is 146 Å². The number of hydrogen-bond donors (Lipinski definition) is 1. The third-order valence-electron chi connectivity index (χ3n) is 4.39. The minimum absolute atomic E-state index is 0.0722. The zero-order valence-corrected chi connectivity index (χ0v) is 14.0.